The maximum Gasteiger partial charge on any atom is 0.262 e. The van der Waals surface area contributed by atoms with Crippen LogP contribution in [-0.2, 0) is 0 Å². The van der Waals surface area contributed by atoms with E-state index in [0.717, 1.165) is 24.0 Å². The van der Waals surface area contributed by atoms with Crippen LogP contribution in [0.3, 0.4) is 0 Å². The summed E-state index contributed by atoms with van der Waals surface area (Å²) in [5, 5.41) is 6.57. The Morgan fingerprint density at radius 2 is 1.87 bits per heavy atom. The molecule has 0 radical (unpaired) electrons. The molecule has 2 aromatic carbocycles. The molecule has 156 valence electrons. The molecule has 0 saturated carbocycles. The number of hydrogen-bond acceptors (Lipinski definition) is 5. The van der Waals surface area contributed by atoms with Crippen LogP contribution in [0.1, 0.15) is 15.9 Å². The number of benzene rings is 2. The molecule has 30 heavy (non-hydrogen) atoms. The quantitative estimate of drug-likeness (QED) is 0.687. The van der Waals surface area contributed by atoms with Crippen LogP contribution in [0.4, 0.5) is 20.3 Å². The summed E-state index contributed by atoms with van der Waals surface area (Å²) >= 11 is 0. The molecular weight excluding hydrogens is 390 g/mol. The van der Waals surface area contributed by atoms with Gasteiger partial charge in [0.25, 0.3) is 5.91 Å². The van der Waals surface area contributed by atoms with Crippen molar-refractivity contribution in [2.75, 3.05) is 43.5 Å². The van der Waals surface area contributed by atoms with Crippen LogP contribution in [0, 0.1) is 18.6 Å². The van der Waals surface area contributed by atoms with E-state index < -0.39 is 23.1 Å². The van der Waals surface area contributed by atoms with Gasteiger partial charge in [0, 0.05) is 37.3 Å². The van der Waals surface area contributed by atoms with E-state index in [4.69, 9.17) is 4.74 Å². The molecule has 1 fully saturated rings. The predicted molar refractivity (Wildman–Crippen MR) is 112 cm³/mol. The van der Waals surface area contributed by atoms with Crippen LogP contribution in [0.5, 0.6) is 5.75 Å². The van der Waals surface area contributed by atoms with Gasteiger partial charge in [0.2, 0.25) is 0 Å². The first-order chi connectivity index (χ1) is 14.5. The van der Waals surface area contributed by atoms with E-state index in [-0.39, 0.29) is 5.82 Å². The maximum absolute atomic E-state index is 14.7. The number of carbonyl (C=O) groups is 1. The molecule has 1 aliphatic heterocycles. The van der Waals surface area contributed by atoms with Gasteiger partial charge in [-0.2, -0.15) is 0 Å². The van der Waals surface area contributed by atoms with Gasteiger partial charge < -0.3 is 20.3 Å². The van der Waals surface area contributed by atoms with Gasteiger partial charge in [0.05, 0.1) is 7.11 Å². The van der Waals surface area contributed by atoms with E-state index in [1.165, 1.54) is 19.2 Å². The molecule has 1 saturated heterocycles. The number of hydrogen-bond donors (Lipinski definition) is 2. The number of para-hydroxylation sites is 1. The Balaban J connectivity index is 1.64. The second-order valence-corrected chi connectivity index (χ2v) is 7.16. The maximum atomic E-state index is 14.7. The molecule has 8 heteroatoms. The standard InChI is InChI=1S/C22H22F2N4O2/c1-13-10-19(26-21-15(13)4-3-5-18(21)30-2)27-22(29)20-16(23)11-14(12-17(20)24)28-8-6-25-7-9-28/h3-5,10-12,25H,6-9H2,1-2H3,(H,26,27,29). The number of ether oxygens (including phenoxy) is 1. The first-order valence-corrected chi connectivity index (χ1v) is 9.68. The van der Waals surface area contributed by atoms with Crippen molar-refractivity contribution in [3.63, 3.8) is 0 Å². The SMILES string of the molecule is COc1cccc2c(C)cc(NC(=O)c3c(F)cc(N4CCNCC4)cc3F)nc12. The zero-order valence-electron chi connectivity index (χ0n) is 16.8. The van der Waals surface area contributed by atoms with Gasteiger partial charge in [-0.15, -0.1) is 0 Å². The van der Waals surface area contributed by atoms with Gasteiger partial charge in [-0.3, -0.25) is 4.79 Å². The van der Waals surface area contributed by atoms with Gasteiger partial charge in [0.15, 0.2) is 0 Å². The Hall–Kier alpha value is -3.26. The highest BCUT2D eigenvalue weighted by Crippen LogP contribution is 2.29. The molecule has 0 unspecified atom stereocenters. The smallest absolute Gasteiger partial charge is 0.262 e. The highest BCUT2D eigenvalue weighted by Gasteiger charge is 2.22. The van der Waals surface area contributed by atoms with Crippen LogP contribution >= 0.6 is 0 Å². The molecular formula is C22H22F2N4O2. The minimum absolute atomic E-state index is 0.194. The number of nitrogens with zero attached hydrogens (tertiary/aromatic N) is 2. The summed E-state index contributed by atoms with van der Waals surface area (Å²) in [5.41, 5.74) is 1.20. The van der Waals surface area contributed by atoms with Crippen LogP contribution < -0.4 is 20.3 Å². The molecule has 1 aliphatic rings. The van der Waals surface area contributed by atoms with Gasteiger partial charge in [-0.1, -0.05) is 12.1 Å². The van der Waals surface area contributed by atoms with Crippen molar-refractivity contribution in [1.29, 1.82) is 0 Å². The van der Waals surface area contributed by atoms with Gasteiger partial charge in [-0.05, 0) is 36.8 Å². The molecule has 6 nitrogen and oxygen atoms in total. The van der Waals surface area contributed by atoms with E-state index in [0.29, 0.717) is 30.0 Å². The summed E-state index contributed by atoms with van der Waals surface area (Å²) in [6.07, 6.45) is 0. The van der Waals surface area contributed by atoms with Crippen molar-refractivity contribution in [3.05, 3.63) is 59.2 Å². The average Bonchev–Trinajstić information content (AvgIpc) is 2.73. The van der Waals surface area contributed by atoms with Gasteiger partial charge >= 0.3 is 0 Å². The van der Waals surface area contributed by atoms with Crippen molar-refractivity contribution in [2.24, 2.45) is 0 Å². The molecule has 0 aliphatic carbocycles. The number of aromatic nitrogens is 1. The topological polar surface area (TPSA) is 66.5 Å². The van der Waals surface area contributed by atoms with Crippen molar-refractivity contribution < 1.29 is 18.3 Å². The summed E-state index contributed by atoms with van der Waals surface area (Å²) < 4.78 is 34.7. The largest absolute Gasteiger partial charge is 0.494 e. The van der Waals surface area contributed by atoms with Crippen LogP contribution in [0.25, 0.3) is 10.9 Å². The lowest BCUT2D eigenvalue weighted by atomic mass is 10.1. The van der Waals surface area contributed by atoms with E-state index in [9.17, 15) is 13.6 Å². The number of fused-ring (bicyclic) bond motifs is 1. The number of piperazine rings is 1. The van der Waals surface area contributed by atoms with Crippen molar-refractivity contribution in [1.82, 2.24) is 10.3 Å². The minimum atomic E-state index is -0.906. The lowest BCUT2D eigenvalue weighted by Gasteiger charge is -2.29. The van der Waals surface area contributed by atoms with E-state index >= 15 is 0 Å². The predicted octanol–water partition coefficient (Wildman–Crippen LogP) is 3.49. The summed E-state index contributed by atoms with van der Waals surface area (Å²) in [6, 6.07) is 9.55. The third-order valence-corrected chi connectivity index (χ3v) is 5.21. The fourth-order valence-electron chi connectivity index (χ4n) is 3.68. The number of pyridine rings is 1. The summed E-state index contributed by atoms with van der Waals surface area (Å²) in [4.78, 5) is 18.9. The lowest BCUT2D eigenvalue weighted by molar-refractivity contribution is 0.101. The molecule has 3 aromatic rings. The number of nitrogens with one attached hydrogen (secondary N) is 2. The zero-order chi connectivity index (χ0) is 21.3. The number of amides is 1. The second kappa shape index (κ2) is 8.23. The molecule has 0 bridgehead atoms. The van der Waals surface area contributed by atoms with E-state index in [1.54, 1.807) is 12.1 Å². The summed E-state index contributed by atoms with van der Waals surface area (Å²) in [5.74, 6) is -1.96. The Morgan fingerprint density at radius 3 is 2.53 bits per heavy atom. The second-order valence-electron chi connectivity index (χ2n) is 7.16. The first kappa shape index (κ1) is 20.0. The summed E-state index contributed by atoms with van der Waals surface area (Å²) in [7, 11) is 1.53. The Bertz CT molecular complexity index is 1090. The Kier molecular flexibility index (Phi) is 5.50. The van der Waals surface area contributed by atoms with Crippen molar-refractivity contribution in [3.8, 4) is 5.75 Å². The van der Waals surface area contributed by atoms with Crippen molar-refractivity contribution >= 4 is 28.3 Å². The van der Waals surface area contributed by atoms with Crippen LogP contribution in [0.2, 0.25) is 0 Å². The highest BCUT2D eigenvalue weighted by molar-refractivity contribution is 6.05. The third kappa shape index (κ3) is 3.78. The number of halogens is 2. The third-order valence-electron chi connectivity index (χ3n) is 5.21. The summed E-state index contributed by atoms with van der Waals surface area (Å²) in [6.45, 7) is 4.63. The molecule has 4 rings (SSSR count). The number of aryl methyl sites for hydroxylation is 1. The molecule has 1 amide bonds. The number of methoxy groups -OCH3 is 1. The first-order valence-electron chi connectivity index (χ1n) is 9.68. The van der Waals surface area contributed by atoms with Gasteiger partial charge in [0.1, 0.15) is 34.3 Å². The number of anilines is 2. The number of rotatable bonds is 4. The monoisotopic (exact) mass is 412 g/mol. The van der Waals surface area contributed by atoms with Crippen LogP contribution in [-0.4, -0.2) is 44.2 Å². The number of carbonyl (C=O) groups excluding carboxylic acids is 1. The molecule has 2 heterocycles. The van der Waals surface area contributed by atoms with Gasteiger partial charge in [-0.25, -0.2) is 13.8 Å². The fourth-order valence-corrected chi connectivity index (χ4v) is 3.68. The van der Waals surface area contributed by atoms with Crippen LogP contribution in [0.15, 0.2) is 36.4 Å². The molecule has 1 aromatic heterocycles. The normalized spacial score (nSPS) is 14.1. The Morgan fingerprint density at radius 1 is 1.17 bits per heavy atom. The lowest BCUT2D eigenvalue weighted by Crippen LogP contribution is -2.43. The fraction of sp³-hybridized carbons (Fsp3) is 0.273. The molecule has 2 N–H and O–H groups in total. The zero-order valence-corrected chi connectivity index (χ0v) is 16.8. The van der Waals surface area contributed by atoms with E-state index in [2.05, 4.69) is 15.6 Å². The van der Waals surface area contributed by atoms with E-state index in [1.807, 2.05) is 24.0 Å². The molecule has 0 atom stereocenters. The minimum Gasteiger partial charge on any atom is -0.494 e. The Labute approximate surface area is 172 Å². The highest BCUT2D eigenvalue weighted by atomic mass is 19.1. The molecule has 0 spiro atoms. The van der Waals surface area contributed by atoms with Crippen molar-refractivity contribution in [2.45, 2.75) is 6.92 Å². The average molecular weight is 412 g/mol.